The number of rotatable bonds is 6. The molecule has 0 saturated heterocycles. The molecule has 5 aromatic rings. The van der Waals surface area contributed by atoms with Crippen molar-refractivity contribution in [3.05, 3.63) is 139 Å². The minimum absolute atomic E-state index is 0.690. The molecule has 2 nitrogen and oxygen atoms in total. The van der Waals surface area contributed by atoms with Crippen LogP contribution in [0.25, 0.3) is 22.3 Å². The van der Waals surface area contributed by atoms with Gasteiger partial charge in [-0.25, -0.2) is 0 Å². The SMILES string of the molecule is O=Cc1ccc(-c2ccc(-c3ccc(N(c4ccccc4)c4ccccc4)cc3)cc2)cc1. The van der Waals surface area contributed by atoms with Crippen molar-refractivity contribution in [1.82, 2.24) is 0 Å². The zero-order chi connectivity index (χ0) is 22.5. The van der Waals surface area contributed by atoms with Gasteiger partial charge in [-0.1, -0.05) is 97.1 Å². The summed E-state index contributed by atoms with van der Waals surface area (Å²) >= 11 is 0. The molecule has 0 bridgehead atoms. The Balaban J connectivity index is 1.43. The quantitative estimate of drug-likeness (QED) is 0.255. The topological polar surface area (TPSA) is 20.3 Å². The summed E-state index contributed by atoms with van der Waals surface area (Å²) in [6, 6.07) is 45.7. The van der Waals surface area contributed by atoms with Crippen LogP contribution < -0.4 is 4.90 Å². The first kappa shape index (κ1) is 20.5. The Morgan fingerprint density at radius 1 is 0.394 bits per heavy atom. The summed E-state index contributed by atoms with van der Waals surface area (Å²) in [6.07, 6.45) is 0.868. The molecule has 5 aromatic carbocycles. The first-order valence-electron chi connectivity index (χ1n) is 11.0. The molecule has 0 aliphatic carbocycles. The molecular weight excluding hydrogens is 402 g/mol. The number of carbonyl (C=O) groups is 1. The van der Waals surface area contributed by atoms with Gasteiger partial charge in [-0.05, 0) is 58.7 Å². The number of hydrogen-bond donors (Lipinski definition) is 0. The Morgan fingerprint density at radius 2 is 0.727 bits per heavy atom. The fourth-order valence-electron chi connectivity index (χ4n) is 4.01. The Labute approximate surface area is 194 Å². The molecule has 0 atom stereocenters. The summed E-state index contributed by atoms with van der Waals surface area (Å²) in [5.74, 6) is 0. The first-order chi connectivity index (χ1) is 16.3. The largest absolute Gasteiger partial charge is 0.311 e. The summed E-state index contributed by atoms with van der Waals surface area (Å²) in [5.41, 5.74) is 8.63. The van der Waals surface area contributed by atoms with Crippen molar-refractivity contribution >= 4 is 23.3 Å². The van der Waals surface area contributed by atoms with Gasteiger partial charge < -0.3 is 4.90 Å². The predicted molar refractivity (Wildman–Crippen MR) is 137 cm³/mol. The minimum Gasteiger partial charge on any atom is -0.311 e. The van der Waals surface area contributed by atoms with Crippen LogP contribution in [0.2, 0.25) is 0 Å². The van der Waals surface area contributed by atoms with Crippen LogP contribution in [-0.2, 0) is 0 Å². The molecule has 5 rings (SSSR count). The highest BCUT2D eigenvalue weighted by Crippen LogP contribution is 2.35. The number of benzene rings is 5. The van der Waals surface area contributed by atoms with Crippen molar-refractivity contribution in [2.45, 2.75) is 0 Å². The van der Waals surface area contributed by atoms with Crippen LogP contribution in [0.4, 0.5) is 17.1 Å². The number of nitrogens with zero attached hydrogens (tertiary/aromatic N) is 1. The smallest absolute Gasteiger partial charge is 0.150 e. The molecule has 33 heavy (non-hydrogen) atoms. The van der Waals surface area contributed by atoms with E-state index in [1.54, 1.807) is 0 Å². The third-order valence-corrected chi connectivity index (χ3v) is 5.75. The molecule has 0 fully saturated rings. The highest BCUT2D eigenvalue weighted by molar-refractivity contribution is 5.79. The standard InChI is InChI=1S/C31H23NO/c33-23-24-11-13-25(14-12-24)26-15-17-27(18-16-26)28-19-21-31(22-20-28)32(29-7-3-1-4-8-29)30-9-5-2-6-10-30/h1-23H. The van der Waals surface area contributed by atoms with Crippen molar-refractivity contribution in [3.8, 4) is 22.3 Å². The van der Waals surface area contributed by atoms with E-state index < -0.39 is 0 Å². The van der Waals surface area contributed by atoms with E-state index in [1.165, 1.54) is 11.1 Å². The van der Waals surface area contributed by atoms with Gasteiger partial charge in [0.15, 0.2) is 0 Å². The second-order valence-electron chi connectivity index (χ2n) is 7.87. The van der Waals surface area contributed by atoms with Crippen molar-refractivity contribution in [1.29, 1.82) is 0 Å². The average Bonchev–Trinajstić information content (AvgIpc) is 2.91. The van der Waals surface area contributed by atoms with Crippen molar-refractivity contribution in [2.24, 2.45) is 0 Å². The number of para-hydroxylation sites is 2. The predicted octanol–water partition coefficient (Wildman–Crippen LogP) is 8.30. The van der Waals surface area contributed by atoms with E-state index in [-0.39, 0.29) is 0 Å². The molecule has 2 heteroatoms. The van der Waals surface area contributed by atoms with Gasteiger partial charge in [-0.2, -0.15) is 0 Å². The molecule has 0 unspecified atom stereocenters. The van der Waals surface area contributed by atoms with E-state index in [9.17, 15) is 4.79 Å². The van der Waals surface area contributed by atoms with E-state index in [1.807, 2.05) is 36.4 Å². The molecule has 0 radical (unpaired) electrons. The van der Waals surface area contributed by atoms with Gasteiger partial charge in [0.2, 0.25) is 0 Å². The van der Waals surface area contributed by atoms with Crippen LogP contribution in [0, 0.1) is 0 Å². The van der Waals surface area contributed by atoms with Crippen LogP contribution >= 0.6 is 0 Å². The molecule has 158 valence electrons. The minimum atomic E-state index is 0.690. The van der Waals surface area contributed by atoms with E-state index in [2.05, 4.69) is 102 Å². The zero-order valence-corrected chi connectivity index (χ0v) is 18.1. The fourth-order valence-corrected chi connectivity index (χ4v) is 4.01. The summed E-state index contributed by atoms with van der Waals surface area (Å²) in [6.45, 7) is 0. The van der Waals surface area contributed by atoms with Gasteiger partial charge in [0.05, 0.1) is 0 Å². The van der Waals surface area contributed by atoms with Crippen LogP contribution in [0.1, 0.15) is 10.4 Å². The molecule has 0 saturated carbocycles. The summed E-state index contributed by atoms with van der Waals surface area (Å²) in [4.78, 5) is 13.1. The lowest BCUT2D eigenvalue weighted by molar-refractivity contribution is 0.112. The van der Waals surface area contributed by atoms with E-state index in [4.69, 9.17) is 0 Å². The molecule has 0 amide bonds. The van der Waals surface area contributed by atoms with Crippen molar-refractivity contribution < 1.29 is 4.79 Å². The number of aldehydes is 1. The van der Waals surface area contributed by atoms with Crippen LogP contribution in [0.5, 0.6) is 0 Å². The Bertz CT molecular complexity index is 1290. The lowest BCUT2D eigenvalue weighted by atomic mass is 9.99. The normalized spacial score (nSPS) is 10.5. The monoisotopic (exact) mass is 425 g/mol. The van der Waals surface area contributed by atoms with E-state index >= 15 is 0 Å². The molecule has 0 spiro atoms. The van der Waals surface area contributed by atoms with Gasteiger partial charge in [0.25, 0.3) is 0 Å². The van der Waals surface area contributed by atoms with E-state index in [0.29, 0.717) is 5.56 Å². The van der Waals surface area contributed by atoms with Gasteiger partial charge in [-0.3, -0.25) is 4.79 Å². The second-order valence-corrected chi connectivity index (χ2v) is 7.87. The van der Waals surface area contributed by atoms with Crippen LogP contribution in [0.3, 0.4) is 0 Å². The summed E-state index contributed by atoms with van der Waals surface area (Å²) < 4.78 is 0. The van der Waals surface area contributed by atoms with Gasteiger partial charge in [0, 0.05) is 22.6 Å². The molecule has 0 aliphatic rings. The maximum Gasteiger partial charge on any atom is 0.150 e. The number of anilines is 3. The van der Waals surface area contributed by atoms with Gasteiger partial charge >= 0.3 is 0 Å². The van der Waals surface area contributed by atoms with Crippen LogP contribution in [-0.4, -0.2) is 6.29 Å². The second kappa shape index (κ2) is 9.37. The molecular formula is C31H23NO. The molecule has 0 aromatic heterocycles. The lowest BCUT2D eigenvalue weighted by Gasteiger charge is -2.25. The molecule has 0 aliphatic heterocycles. The molecule has 0 heterocycles. The fraction of sp³-hybridized carbons (Fsp3) is 0. The zero-order valence-electron chi connectivity index (χ0n) is 18.1. The number of hydrogen-bond acceptors (Lipinski definition) is 2. The summed E-state index contributed by atoms with van der Waals surface area (Å²) in [7, 11) is 0. The van der Waals surface area contributed by atoms with Crippen molar-refractivity contribution in [2.75, 3.05) is 4.90 Å². The Morgan fingerprint density at radius 3 is 1.12 bits per heavy atom. The maximum atomic E-state index is 10.9. The molecule has 0 N–H and O–H groups in total. The van der Waals surface area contributed by atoms with E-state index in [0.717, 1.165) is 34.5 Å². The third-order valence-electron chi connectivity index (χ3n) is 5.75. The van der Waals surface area contributed by atoms with Gasteiger partial charge in [0.1, 0.15) is 6.29 Å². The van der Waals surface area contributed by atoms with Crippen LogP contribution in [0.15, 0.2) is 133 Å². The van der Waals surface area contributed by atoms with Gasteiger partial charge in [-0.15, -0.1) is 0 Å². The first-order valence-corrected chi connectivity index (χ1v) is 11.0. The summed E-state index contributed by atoms with van der Waals surface area (Å²) in [5, 5.41) is 0. The Kier molecular flexibility index (Phi) is 5.81. The highest BCUT2D eigenvalue weighted by Gasteiger charge is 2.12. The lowest BCUT2D eigenvalue weighted by Crippen LogP contribution is -2.09. The average molecular weight is 426 g/mol. The third kappa shape index (κ3) is 4.46. The highest BCUT2D eigenvalue weighted by atomic mass is 16.1. The van der Waals surface area contributed by atoms with Crippen molar-refractivity contribution in [3.63, 3.8) is 0 Å². The number of carbonyl (C=O) groups excluding carboxylic acids is 1. The Hall–Kier alpha value is -4.43. The maximum absolute atomic E-state index is 10.9.